The van der Waals surface area contributed by atoms with Gasteiger partial charge >= 0.3 is 11.9 Å². The second-order valence-electron chi connectivity index (χ2n) is 6.32. The largest absolute Gasteiger partial charge is 0.426 e. The molecule has 0 aromatic heterocycles. The number of ether oxygens (including phenoxy) is 2. The molecule has 1 N–H and O–H groups in total. The van der Waals surface area contributed by atoms with Crippen molar-refractivity contribution in [1.29, 1.82) is 0 Å². The molecule has 1 atom stereocenters. The molecule has 2 aromatic rings. The third-order valence-corrected chi connectivity index (χ3v) is 4.18. The van der Waals surface area contributed by atoms with Gasteiger partial charge in [-0.2, -0.15) is 0 Å². The Bertz CT molecular complexity index is 1070. The third kappa shape index (κ3) is 5.52. The molecule has 0 radical (unpaired) electrons. The molecule has 0 aliphatic carbocycles. The van der Waals surface area contributed by atoms with Crippen LogP contribution in [-0.2, 0) is 19.1 Å². The maximum Gasteiger partial charge on any atom is 0.336 e. The van der Waals surface area contributed by atoms with E-state index in [1.165, 1.54) is 37.3 Å². The van der Waals surface area contributed by atoms with Crippen LogP contribution < -0.4 is 0 Å². The fourth-order valence-electron chi connectivity index (χ4n) is 2.85. The predicted octanol–water partition coefficient (Wildman–Crippen LogP) is 5.03. The molecule has 31 heavy (non-hydrogen) atoms. The number of benzene rings is 2. The van der Waals surface area contributed by atoms with Crippen molar-refractivity contribution in [3.05, 3.63) is 95.8 Å². The van der Waals surface area contributed by atoms with Gasteiger partial charge in [0.15, 0.2) is 0 Å². The fraction of sp³-hybridized carbons (Fsp3) is 0.167. The van der Waals surface area contributed by atoms with Crippen molar-refractivity contribution < 1.29 is 33.0 Å². The Morgan fingerprint density at radius 3 is 1.81 bits per heavy atom. The maximum atomic E-state index is 13.4. The monoisotopic (exact) mass is 430 g/mol. The molecule has 1 unspecified atom stereocenters. The second-order valence-corrected chi connectivity index (χ2v) is 6.32. The number of hydrogen-bond donors (Lipinski definition) is 1. The van der Waals surface area contributed by atoms with E-state index in [0.717, 1.165) is 6.08 Å². The van der Waals surface area contributed by atoms with Crippen LogP contribution >= 0.6 is 0 Å². The highest BCUT2D eigenvalue weighted by atomic mass is 19.1. The maximum absolute atomic E-state index is 13.4. The average molecular weight is 430 g/mol. The first-order chi connectivity index (χ1) is 13.7. The van der Waals surface area contributed by atoms with Crippen LogP contribution in [-0.4, -0.2) is 22.8 Å². The first kappa shape index (κ1) is 25.5. The molecule has 2 aromatic carbocycles. The zero-order valence-electron chi connectivity index (χ0n) is 15.3. The SMILES string of the molecule is C.C.C=C1OC(=O)C=C1c1ccccc1F.CC1(O)OC(=O)C=C1c1ccccc1F. The summed E-state index contributed by atoms with van der Waals surface area (Å²) >= 11 is 0. The van der Waals surface area contributed by atoms with Gasteiger partial charge in [-0.05, 0) is 12.1 Å². The molecule has 2 aliphatic heterocycles. The summed E-state index contributed by atoms with van der Waals surface area (Å²) in [4.78, 5) is 21.8. The first-order valence-corrected chi connectivity index (χ1v) is 8.49. The number of esters is 2. The molecule has 0 spiro atoms. The highest BCUT2D eigenvalue weighted by molar-refractivity contribution is 6.01. The first-order valence-electron chi connectivity index (χ1n) is 8.49. The van der Waals surface area contributed by atoms with Crippen LogP contribution in [0.15, 0.2) is 73.0 Å². The number of cyclic esters (lactones) is 2. The van der Waals surface area contributed by atoms with E-state index in [0.29, 0.717) is 11.1 Å². The number of rotatable bonds is 2. The van der Waals surface area contributed by atoms with Crippen LogP contribution in [0.1, 0.15) is 32.9 Å². The summed E-state index contributed by atoms with van der Waals surface area (Å²) in [5.74, 6) is -3.62. The van der Waals surface area contributed by atoms with Crippen LogP contribution in [0.4, 0.5) is 8.78 Å². The van der Waals surface area contributed by atoms with Crippen LogP contribution in [0.5, 0.6) is 0 Å². The van der Waals surface area contributed by atoms with E-state index in [1.807, 2.05) is 0 Å². The molecule has 0 saturated carbocycles. The van der Waals surface area contributed by atoms with Crippen LogP contribution in [0.3, 0.4) is 0 Å². The van der Waals surface area contributed by atoms with E-state index >= 15 is 0 Å². The van der Waals surface area contributed by atoms with Crippen molar-refractivity contribution in [3.8, 4) is 0 Å². The number of carbonyl (C=O) groups is 2. The minimum Gasteiger partial charge on any atom is -0.426 e. The van der Waals surface area contributed by atoms with E-state index in [4.69, 9.17) is 4.74 Å². The minimum absolute atomic E-state index is 0. The van der Waals surface area contributed by atoms with Gasteiger partial charge in [0.1, 0.15) is 17.4 Å². The topological polar surface area (TPSA) is 72.8 Å². The summed E-state index contributed by atoms with van der Waals surface area (Å²) in [5, 5.41) is 9.72. The molecular weight excluding hydrogens is 406 g/mol. The summed E-state index contributed by atoms with van der Waals surface area (Å²) in [6.45, 7) is 4.83. The van der Waals surface area contributed by atoms with Crippen molar-refractivity contribution in [2.24, 2.45) is 0 Å². The molecule has 2 aliphatic rings. The summed E-state index contributed by atoms with van der Waals surface area (Å²) in [5.41, 5.74) is 1.07. The molecule has 164 valence electrons. The molecule has 7 heteroatoms. The molecule has 2 heterocycles. The van der Waals surface area contributed by atoms with Gasteiger partial charge in [0.2, 0.25) is 5.79 Å². The number of carbonyl (C=O) groups excluding carboxylic acids is 2. The molecular formula is C24H24F2O5. The zero-order chi connectivity index (χ0) is 21.2. The van der Waals surface area contributed by atoms with Gasteiger partial charge in [0.05, 0.1) is 0 Å². The van der Waals surface area contributed by atoms with Crippen molar-refractivity contribution >= 4 is 23.1 Å². The summed E-state index contributed by atoms with van der Waals surface area (Å²) in [7, 11) is 0. The van der Waals surface area contributed by atoms with E-state index in [-0.39, 0.29) is 31.7 Å². The summed E-state index contributed by atoms with van der Waals surface area (Å²) in [6, 6.07) is 12.1. The van der Waals surface area contributed by atoms with Crippen molar-refractivity contribution in [2.45, 2.75) is 27.6 Å². The van der Waals surface area contributed by atoms with E-state index in [1.54, 1.807) is 24.3 Å². The smallest absolute Gasteiger partial charge is 0.336 e. The summed E-state index contributed by atoms with van der Waals surface area (Å²) in [6.07, 6.45) is 2.33. The van der Waals surface area contributed by atoms with E-state index < -0.39 is 29.4 Å². The Kier molecular flexibility index (Phi) is 8.17. The Morgan fingerprint density at radius 1 is 0.871 bits per heavy atom. The van der Waals surface area contributed by atoms with Gasteiger partial charge in [-0.1, -0.05) is 57.8 Å². The lowest BCUT2D eigenvalue weighted by Crippen LogP contribution is -2.26. The highest BCUT2D eigenvalue weighted by Gasteiger charge is 2.38. The Morgan fingerprint density at radius 2 is 1.39 bits per heavy atom. The Balaban J connectivity index is 0.000000292. The van der Waals surface area contributed by atoms with Gasteiger partial charge in [0.25, 0.3) is 0 Å². The summed E-state index contributed by atoms with van der Waals surface area (Å²) < 4.78 is 36.0. The van der Waals surface area contributed by atoms with Crippen molar-refractivity contribution in [3.63, 3.8) is 0 Å². The van der Waals surface area contributed by atoms with E-state index in [9.17, 15) is 23.5 Å². The van der Waals surface area contributed by atoms with Crippen LogP contribution in [0.25, 0.3) is 11.1 Å². The second kappa shape index (κ2) is 9.95. The quantitative estimate of drug-likeness (QED) is 0.677. The van der Waals surface area contributed by atoms with Crippen molar-refractivity contribution in [1.82, 2.24) is 0 Å². The normalized spacial score (nSPS) is 19.0. The highest BCUT2D eigenvalue weighted by Crippen LogP contribution is 2.34. The Hall–Kier alpha value is -3.58. The zero-order valence-corrected chi connectivity index (χ0v) is 15.3. The van der Waals surface area contributed by atoms with E-state index in [2.05, 4.69) is 11.3 Å². The van der Waals surface area contributed by atoms with Gasteiger partial charge in [-0.3, -0.25) is 0 Å². The minimum atomic E-state index is -1.75. The molecule has 5 nitrogen and oxygen atoms in total. The standard InChI is InChI=1S/C11H9FO3.C11H7FO2.2CH4/c1-11(14)8(6-10(13)15-11)7-4-2-3-5-9(7)12;1-7-9(6-11(13)14-7)8-4-2-3-5-10(8)12;;/h2-6,14H,1H3;2-6H,1H2;2*1H4. The third-order valence-electron chi connectivity index (χ3n) is 4.18. The number of aliphatic hydroxyl groups is 1. The average Bonchev–Trinajstić information content (AvgIpc) is 3.13. The van der Waals surface area contributed by atoms with Crippen LogP contribution in [0.2, 0.25) is 0 Å². The molecule has 0 bridgehead atoms. The molecule has 0 fully saturated rings. The Labute approximate surface area is 179 Å². The molecule has 0 amide bonds. The molecule has 4 rings (SSSR count). The lowest BCUT2D eigenvalue weighted by Gasteiger charge is -2.19. The van der Waals surface area contributed by atoms with Crippen molar-refractivity contribution in [2.75, 3.05) is 0 Å². The molecule has 0 saturated heterocycles. The van der Waals surface area contributed by atoms with Crippen LogP contribution in [0, 0.1) is 11.6 Å². The lowest BCUT2D eigenvalue weighted by molar-refractivity contribution is -0.169. The van der Waals surface area contributed by atoms with Gasteiger partial charge in [-0.25, -0.2) is 18.4 Å². The number of hydrogen-bond acceptors (Lipinski definition) is 5. The number of halogens is 2. The number of allylic oxidation sites excluding steroid dienone is 1. The fourth-order valence-corrected chi connectivity index (χ4v) is 2.85. The predicted molar refractivity (Wildman–Crippen MR) is 114 cm³/mol. The van der Waals surface area contributed by atoms with Gasteiger partial charge < -0.3 is 14.6 Å². The lowest BCUT2D eigenvalue weighted by atomic mass is 9.99. The van der Waals surface area contributed by atoms with Gasteiger partial charge in [0, 0.05) is 41.3 Å². The van der Waals surface area contributed by atoms with Gasteiger partial charge in [-0.15, -0.1) is 0 Å².